The van der Waals surface area contributed by atoms with Gasteiger partial charge in [0.25, 0.3) is 0 Å². The molecule has 4 rings (SSSR count). The number of halogens is 1. The van der Waals surface area contributed by atoms with Gasteiger partial charge in [-0.15, -0.1) is 0 Å². The molecule has 6 heteroatoms. The van der Waals surface area contributed by atoms with E-state index in [4.69, 9.17) is 14.2 Å². The monoisotopic (exact) mass is 390 g/mol. The van der Waals surface area contributed by atoms with Crippen LogP contribution in [0.25, 0.3) is 10.9 Å². The van der Waals surface area contributed by atoms with Crippen molar-refractivity contribution in [2.24, 2.45) is 0 Å². The number of rotatable bonds is 6. The summed E-state index contributed by atoms with van der Waals surface area (Å²) in [5.41, 5.74) is 1.62. The standard InChI is InChI=1S/C23H19FN2O3/c1-27-21-12-18-20(13-22(21)28-2)25-14-19(24)23(18)26-15-8-10-17(11-9-15)29-16-6-4-3-5-7-16/h3-14H,1-2H3,(H,25,26). The fourth-order valence-electron chi connectivity index (χ4n) is 3.00. The van der Waals surface area contributed by atoms with E-state index in [1.807, 2.05) is 54.6 Å². The molecule has 0 saturated carbocycles. The third kappa shape index (κ3) is 3.91. The van der Waals surface area contributed by atoms with E-state index in [1.165, 1.54) is 13.3 Å². The zero-order valence-corrected chi connectivity index (χ0v) is 16.0. The lowest BCUT2D eigenvalue weighted by molar-refractivity contribution is 0.356. The van der Waals surface area contributed by atoms with Gasteiger partial charge < -0.3 is 19.5 Å². The Morgan fingerprint density at radius 3 is 2.17 bits per heavy atom. The van der Waals surface area contributed by atoms with Crippen LogP contribution in [0.3, 0.4) is 0 Å². The maximum absolute atomic E-state index is 14.6. The molecule has 0 fully saturated rings. The first-order valence-electron chi connectivity index (χ1n) is 8.98. The highest BCUT2D eigenvalue weighted by Gasteiger charge is 2.14. The Hall–Kier alpha value is -3.80. The highest BCUT2D eigenvalue weighted by atomic mass is 19.1. The molecule has 0 amide bonds. The zero-order chi connectivity index (χ0) is 20.2. The third-order valence-electron chi connectivity index (χ3n) is 4.43. The molecule has 0 aliphatic rings. The minimum atomic E-state index is -0.464. The maximum atomic E-state index is 14.6. The lowest BCUT2D eigenvalue weighted by Gasteiger charge is -2.14. The van der Waals surface area contributed by atoms with E-state index >= 15 is 0 Å². The van der Waals surface area contributed by atoms with Crippen molar-refractivity contribution >= 4 is 22.3 Å². The lowest BCUT2D eigenvalue weighted by atomic mass is 10.1. The number of nitrogens with zero attached hydrogens (tertiary/aromatic N) is 1. The summed E-state index contributed by atoms with van der Waals surface area (Å²) in [7, 11) is 3.08. The van der Waals surface area contributed by atoms with Gasteiger partial charge in [0.1, 0.15) is 11.5 Å². The van der Waals surface area contributed by atoms with E-state index in [0.717, 1.165) is 5.75 Å². The highest BCUT2D eigenvalue weighted by molar-refractivity contribution is 5.95. The normalized spacial score (nSPS) is 10.6. The Labute approximate surface area is 167 Å². The second-order valence-electron chi connectivity index (χ2n) is 6.27. The summed E-state index contributed by atoms with van der Waals surface area (Å²) in [6.07, 6.45) is 1.18. The van der Waals surface area contributed by atoms with Gasteiger partial charge in [-0.1, -0.05) is 18.2 Å². The molecular weight excluding hydrogens is 371 g/mol. The van der Waals surface area contributed by atoms with Crippen molar-refractivity contribution in [3.05, 3.63) is 78.7 Å². The van der Waals surface area contributed by atoms with E-state index < -0.39 is 5.82 Å². The molecule has 0 aliphatic carbocycles. The van der Waals surface area contributed by atoms with Gasteiger partial charge in [-0.3, -0.25) is 4.98 Å². The molecule has 0 bridgehead atoms. The summed E-state index contributed by atoms with van der Waals surface area (Å²) in [5, 5.41) is 3.72. The van der Waals surface area contributed by atoms with Gasteiger partial charge in [0.15, 0.2) is 17.3 Å². The fourth-order valence-corrected chi connectivity index (χ4v) is 3.00. The van der Waals surface area contributed by atoms with Gasteiger partial charge in [-0.2, -0.15) is 0 Å². The molecule has 0 radical (unpaired) electrons. The minimum absolute atomic E-state index is 0.313. The van der Waals surface area contributed by atoms with Crippen molar-refractivity contribution in [3.8, 4) is 23.0 Å². The fraction of sp³-hybridized carbons (Fsp3) is 0.0870. The Bertz CT molecular complexity index is 1130. The van der Waals surface area contributed by atoms with Crippen molar-refractivity contribution in [3.63, 3.8) is 0 Å². The number of anilines is 2. The van der Waals surface area contributed by atoms with Gasteiger partial charge in [-0.25, -0.2) is 4.39 Å². The second kappa shape index (κ2) is 8.06. The van der Waals surface area contributed by atoms with Crippen LogP contribution in [-0.4, -0.2) is 19.2 Å². The van der Waals surface area contributed by atoms with Crippen LogP contribution in [0.2, 0.25) is 0 Å². The third-order valence-corrected chi connectivity index (χ3v) is 4.43. The molecule has 146 valence electrons. The second-order valence-corrected chi connectivity index (χ2v) is 6.27. The molecule has 0 saturated heterocycles. The first kappa shape index (κ1) is 18.6. The van der Waals surface area contributed by atoms with Crippen molar-refractivity contribution in [2.75, 3.05) is 19.5 Å². The quantitative estimate of drug-likeness (QED) is 0.442. The van der Waals surface area contributed by atoms with E-state index in [2.05, 4.69) is 10.3 Å². The van der Waals surface area contributed by atoms with Gasteiger partial charge in [0.05, 0.1) is 31.6 Å². The summed E-state index contributed by atoms with van der Waals surface area (Å²) >= 11 is 0. The summed E-state index contributed by atoms with van der Waals surface area (Å²) in [6.45, 7) is 0. The Kier molecular flexibility index (Phi) is 5.16. The molecule has 3 aromatic carbocycles. The zero-order valence-electron chi connectivity index (χ0n) is 16.0. The molecule has 4 aromatic rings. The summed E-state index contributed by atoms with van der Waals surface area (Å²) in [5.74, 6) is 2.01. The number of nitrogens with one attached hydrogen (secondary N) is 1. The molecule has 0 aliphatic heterocycles. The van der Waals surface area contributed by atoms with Crippen LogP contribution in [0.1, 0.15) is 0 Å². The maximum Gasteiger partial charge on any atom is 0.165 e. The smallest absolute Gasteiger partial charge is 0.165 e. The Morgan fingerprint density at radius 1 is 0.828 bits per heavy atom. The summed E-state index contributed by atoms with van der Waals surface area (Å²) < 4.78 is 31.0. The molecule has 0 atom stereocenters. The Morgan fingerprint density at radius 2 is 1.48 bits per heavy atom. The van der Waals surface area contributed by atoms with Crippen LogP contribution < -0.4 is 19.5 Å². The predicted octanol–water partition coefficient (Wildman–Crippen LogP) is 5.93. The van der Waals surface area contributed by atoms with Gasteiger partial charge in [0.2, 0.25) is 0 Å². The largest absolute Gasteiger partial charge is 0.493 e. The summed E-state index contributed by atoms with van der Waals surface area (Å²) in [6, 6.07) is 20.2. The van der Waals surface area contributed by atoms with E-state index in [1.54, 1.807) is 19.2 Å². The van der Waals surface area contributed by atoms with E-state index in [0.29, 0.717) is 39.5 Å². The molecule has 1 heterocycles. The number of para-hydroxylation sites is 1. The molecule has 0 unspecified atom stereocenters. The van der Waals surface area contributed by atoms with Crippen LogP contribution in [0.4, 0.5) is 15.8 Å². The molecular formula is C23H19FN2O3. The first-order chi connectivity index (χ1) is 14.2. The predicted molar refractivity (Wildman–Crippen MR) is 111 cm³/mol. The minimum Gasteiger partial charge on any atom is -0.493 e. The molecule has 0 spiro atoms. The number of hydrogen-bond donors (Lipinski definition) is 1. The van der Waals surface area contributed by atoms with Gasteiger partial charge in [0, 0.05) is 17.1 Å². The van der Waals surface area contributed by atoms with Crippen molar-refractivity contribution in [1.82, 2.24) is 4.98 Å². The van der Waals surface area contributed by atoms with Crippen LogP contribution >= 0.6 is 0 Å². The van der Waals surface area contributed by atoms with Crippen LogP contribution in [0, 0.1) is 5.82 Å². The van der Waals surface area contributed by atoms with Gasteiger partial charge >= 0.3 is 0 Å². The van der Waals surface area contributed by atoms with Crippen LogP contribution in [0.5, 0.6) is 23.0 Å². The van der Waals surface area contributed by atoms with E-state index in [9.17, 15) is 4.39 Å². The topological polar surface area (TPSA) is 52.6 Å². The summed E-state index contributed by atoms with van der Waals surface area (Å²) in [4.78, 5) is 4.16. The molecule has 1 N–H and O–H groups in total. The highest BCUT2D eigenvalue weighted by Crippen LogP contribution is 2.36. The number of hydrogen-bond acceptors (Lipinski definition) is 5. The van der Waals surface area contributed by atoms with Crippen molar-refractivity contribution in [1.29, 1.82) is 0 Å². The van der Waals surface area contributed by atoms with Crippen LogP contribution in [0.15, 0.2) is 72.9 Å². The van der Waals surface area contributed by atoms with Crippen LogP contribution in [-0.2, 0) is 0 Å². The van der Waals surface area contributed by atoms with Gasteiger partial charge in [-0.05, 0) is 42.5 Å². The molecule has 1 aromatic heterocycles. The number of benzene rings is 3. The Balaban J connectivity index is 1.64. The number of pyridine rings is 1. The first-order valence-corrected chi connectivity index (χ1v) is 8.98. The average molecular weight is 390 g/mol. The van der Waals surface area contributed by atoms with E-state index in [-0.39, 0.29) is 0 Å². The SMILES string of the molecule is COc1cc2ncc(F)c(Nc3ccc(Oc4ccccc4)cc3)c2cc1OC. The molecule has 29 heavy (non-hydrogen) atoms. The number of ether oxygens (including phenoxy) is 3. The van der Waals surface area contributed by atoms with Crippen molar-refractivity contribution in [2.45, 2.75) is 0 Å². The lowest BCUT2D eigenvalue weighted by Crippen LogP contribution is -1.98. The number of methoxy groups -OCH3 is 2. The molecule has 5 nitrogen and oxygen atoms in total. The van der Waals surface area contributed by atoms with Crippen molar-refractivity contribution < 1.29 is 18.6 Å². The average Bonchev–Trinajstić information content (AvgIpc) is 2.76. The number of fused-ring (bicyclic) bond motifs is 1. The number of aromatic nitrogens is 1.